The first-order chi connectivity index (χ1) is 12.8. The number of anilines is 1. The van der Waals surface area contributed by atoms with Crippen LogP contribution in [-0.4, -0.2) is 36.8 Å². The van der Waals surface area contributed by atoms with Crippen LogP contribution in [0.2, 0.25) is 0 Å². The minimum Gasteiger partial charge on any atom is -0.507 e. The first-order valence-corrected chi connectivity index (χ1v) is 8.43. The van der Waals surface area contributed by atoms with Crippen LogP contribution in [0.4, 0.5) is 5.82 Å². The summed E-state index contributed by atoms with van der Waals surface area (Å²) < 4.78 is 0. The number of H-pyrrole nitrogens is 1. The van der Waals surface area contributed by atoms with Crippen molar-refractivity contribution >= 4 is 17.0 Å². The molecule has 0 saturated heterocycles. The van der Waals surface area contributed by atoms with E-state index in [1.165, 1.54) is 5.56 Å². The van der Waals surface area contributed by atoms with Crippen LogP contribution in [-0.2, 0) is 6.42 Å². The number of nitrogens with zero attached hydrogens (tertiary/aromatic N) is 4. The fourth-order valence-electron chi connectivity index (χ4n) is 2.79. The maximum atomic E-state index is 10.0. The van der Waals surface area contributed by atoms with E-state index in [0.29, 0.717) is 28.2 Å². The quantitative estimate of drug-likeness (QED) is 0.464. The normalized spacial score (nSPS) is 10.9. The molecule has 0 fully saturated rings. The molecule has 7 nitrogen and oxygen atoms in total. The molecular formula is C19H18N6O. The Labute approximate surface area is 150 Å². The summed E-state index contributed by atoms with van der Waals surface area (Å²) in [5, 5.41) is 20.5. The molecule has 0 aliphatic rings. The first-order valence-electron chi connectivity index (χ1n) is 8.43. The number of para-hydroxylation sites is 1. The molecule has 1 aromatic carbocycles. The van der Waals surface area contributed by atoms with Crippen molar-refractivity contribution in [2.24, 2.45) is 0 Å². The van der Waals surface area contributed by atoms with Crippen molar-refractivity contribution in [1.29, 1.82) is 0 Å². The lowest BCUT2D eigenvalue weighted by molar-refractivity contribution is 0.477. The Kier molecular flexibility index (Phi) is 4.42. The molecule has 0 spiro atoms. The fraction of sp³-hybridized carbons (Fsp3) is 0.158. The molecule has 3 aromatic heterocycles. The number of fused-ring (bicyclic) bond motifs is 1. The summed E-state index contributed by atoms with van der Waals surface area (Å²) in [5.74, 6) is 0.844. The number of phenolic OH excluding ortho intramolecular Hbond substituents is 1. The van der Waals surface area contributed by atoms with Gasteiger partial charge < -0.3 is 10.4 Å². The molecule has 0 bridgehead atoms. The summed E-state index contributed by atoms with van der Waals surface area (Å²) in [6, 6.07) is 11.1. The summed E-state index contributed by atoms with van der Waals surface area (Å²) in [7, 11) is 0. The molecule has 0 unspecified atom stereocenters. The summed E-state index contributed by atoms with van der Waals surface area (Å²) in [6.45, 7) is 0.769. The third-order valence-electron chi connectivity index (χ3n) is 4.13. The highest BCUT2D eigenvalue weighted by atomic mass is 16.3. The van der Waals surface area contributed by atoms with Crippen LogP contribution >= 0.6 is 0 Å². The number of rotatable bonds is 6. The minimum absolute atomic E-state index is 0.177. The molecular weight excluding hydrogens is 328 g/mol. The SMILES string of the molecule is Oc1ccccc1-c1cnc2[nH]nc(NCCCc3ccncc3)c2n1. The van der Waals surface area contributed by atoms with Crippen molar-refractivity contribution in [2.45, 2.75) is 12.8 Å². The topological polar surface area (TPSA) is 99.6 Å². The molecule has 0 radical (unpaired) electrons. The van der Waals surface area contributed by atoms with E-state index in [-0.39, 0.29) is 5.75 Å². The summed E-state index contributed by atoms with van der Waals surface area (Å²) in [5.41, 5.74) is 3.79. The Morgan fingerprint density at radius 2 is 1.92 bits per heavy atom. The maximum absolute atomic E-state index is 10.0. The minimum atomic E-state index is 0.177. The zero-order chi connectivity index (χ0) is 17.8. The van der Waals surface area contributed by atoms with E-state index in [4.69, 9.17) is 0 Å². The zero-order valence-corrected chi connectivity index (χ0v) is 14.1. The van der Waals surface area contributed by atoms with E-state index in [0.717, 1.165) is 19.4 Å². The van der Waals surface area contributed by atoms with Gasteiger partial charge in [0.1, 0.15) is 5.75 Å². The van der Waals surface area contributed by atoms with E-state index in [9.17, 15) is 5.11 Å². The van der Waals surface area contributed by atoms with Gasteiger partial charge in [0.05, 0.1) is 11.9 Å². The largest absolute Gasteiger partial charge is 0.507 e. The number of aromatic nitrogens is 5. The van der Waals surface area contributed by atoms with Gasteiger partial charge in [-0.2, -0.15) is 5.10 Å². The van der Waals surface area contributed by atoms with Crippen molar-refractivity contribution in [3.8, 4) is 17.0 Å². The molecule has 0 aliphatic carbocycles. The number of pyridine rings is 1. The van der Waals surface area contributed by atoms with E-state index in [2.05, 4.69) is 30.5 Å². The van der Waals surface area contributed by atoms with Crippen molar-refractivity contribution in [3.05, 3.63) is 60.6 Å². The Balaban J connectivity index is 1.49. The van der Waals surface area contributed by atoms with Crippen LogP contribution in [0.25, 0.3) is 22.4 Å². The molecule has 7 heteroatoms. The Bertz CT molecular complexity index is 1010. The second-order valence-electron chi connectivity index (χ2n) is 5.93. The van der Waals surface area contributed by atoms with Crippen LogP contribution in [0.3, 0.4) is 0 Å². The number of aromatic amines is 1. The highest BCUT2D eigenvalue weighted by Crippen LogP contribution is 2.28. The third kappa shape index (κ3) is 3.32. The molecule has 4 rings (SSSR count). The molecule has 0 saturated carbocycles. The summed E-state index contributed by atoms with van der Waals surface area (Å²) in [6.07, 6.45) is 7.17. The van der Waals surface area contributed by atoms with Gasteiger partial charge in [0.15, 0.2) is 17.0 Å². The smallest absolute Gasteiger partial charge is 0.176 e. The Hall–Kier alpha value is -3.48. The predicted octanol–water partition coefficient (Wildman–Crippen LogP) is 3.17. The molecule has 130 valence electrons. The molecule has 3 N–H and O–H groups in total. The van der Waals surface area contributed by atoms with Gasteiger partial charge in [-0.3, -0.25) is 10.1 Å². The first kappa shape index (κ1) is 16.0. The van der Waals surface area contributed by atoms with Crippen molar-refractivity contribution in [3.63, 3.8) is 0 Å². The number of nitrogens with one attached hydrogen (secondary N) is 2. The number of aromatic hydroxyl groups is 1. The summed E-state index contributed by atoms with van der Waals surface area (Å²) in [4.78, 5) is 13.0. The lowest BCUT2D eigenvalue weighted by Crippen LogP contribution is -2.04. The van der Waals surface area contributed by atoms with Gasteiger partial charge in [0.25, 0.3) is 0 Å². The molecule has 0 amide bonds. The van der Waals surface area contributed by atoms with E-state index >= 15 is 0 Å². The van der Waals surface area contributed by atoms with Crippen molar-refractivity contribution < 1.29 is 5.11 Å². The monoisotopic (exact) mass is 346 g/mol. The standard InChI is InChI=1S/C19H18N6O/c26-16-6-2-1-5-14(16)15-12-22-19-17(23-15)18(24-25-19)21-9-3-4-13-7-10-20-11-8-13/h1-2,5-8,10-12,26H,3-4,9H2,(H2,21,22,24,25). The predicted molar refractivity (Wildman–Crippen MR) is 99.8 cm³/mol. The Morgan fingerprint density at radius 3 is 2.77 bits per heavy atom. The van der Waals surface area contributed by atoms with Gasteiger partial charge in [-0.05, 0) is 42.7 Å². The third-order valence-corrected chi connectivity index (χ3v) is 4.13. The van der Waals surface area contributed by atoms with Crippen LogP contribution in [0, 0.1) is 0 Å². The van der Waals surface area contributed by atoms with Gasteiger partial charge in [-0.1, -0.05) is 12.1 Å². The van der Waals surface area contributed by atoms with Gasteiger partial charge in [-0.15, -0.1) is 0 Å². The molecule has 0 atom stereocenters. The van der Waals surface area contributed by atoms with Crippen molar-refractivity contribution in [1.82, 2.24) is 25.1 Å². The fourth-order valence-corrected chi connectivity index (χ4v) is 2.79. The second-order valence-corrected chi connectivity index (χ2v) is 5.93. The summed E-state index contributed by atoms with van der Waals surface area (Å²) >= 11 is 0. The molecule has 4 aromatic rings. The highest BCUT2D eigenvalue weighted by Gasteiger charge is 2.12. The van der Waals surface area contributed by atoms with Gasteiger partial charge >= 0.3 is 0 Å². The average Bonchev–Trinajstić information content (AvgIpc) is 3.09. The average molecular weight is 346 g/mol. The number of aryl methyl sites for hydroxylation is 1. The number of phenols is 1. The van der Waals surface area contributed by atoms with Crippen molar-refractivity contribution in [2.75, 3.05) is 11.9 Å². The van der Waals surface area contributed by atoms with Gasteiger partial charge in [-0.25, -0.2) is 9.97 Å². The lowest BCUT2D eigenvalue weighted by Gasteiger charge is -2.05. The molecule has 0 aliphatic heterocycles. The number of hydrogen-bond donors (Lipinski definition) is 3. The van der Waals surface area contributed by atoms with Crippen LogP contribution in [0.5, 0.6) is 5.75 Å². The van der Waals surface area contributed by atoms with E-state index < -0.39 is 0 Å². The van der Waals surface area contributed by atoms with Gasteiger partial charge in [0.2, 0.25) is 0 Å². The lowest BCUT2D eigenvalue weighted by atomic mass is 10.1. The Morgan fingerprint density at radius 1 is 1.08 bits per heavy atom. The number of benzene rings is 1. The zero-order valence-electron chi connectivity index (χ0n) is 14.1. The highest BCUT2D eigenvalue weighted by molar-refractivity contribution is 5.85. The van der Waals surface area contributed by atoms with Gasteiger partial charge in [0, 0.05) is 24.5 Å². The number of hydrogen-bond acceptors (Lipinski definition) is 6. The maximum Gasteiger partial charge on any atom is 0.176 e. The van der Waals surface area contributed by atoms with Crippen LogP contribution in [0.15, 0.2) is 55.0 Å². The van der Waals surface area contributed by atoms with E-state index in [1.54, 1.807) is 30.7 Å². The second kappa shape index (κ2) is 7.18. The van der Waals surface area contributed by atoms with Crippen LogP contribution in [0.1, 0.15) is 12.0 Å². The van der Waals surface area contributed by atoms with Crippen LogP contribution < -0.4 is 5.32 Å². The molecule has 3 heterocycles. The van der Waals surface area contributed by atoms with E-state index in [1.807, 2.05) is 24.3 Å². The molecule has 26 heavy (non-hydrogen) atoms.